The molecule has 0 spiro atoms. The lowest BCUT2D eigenvalue weighted by atomic mass is 9.89. The summed E-state index contributed by atoms with van der Waals surface area (Å²) in [7, 11) is 0. The minimum absolute atomic E-state index is 0.0578. The Kier molecular flexibility index (Phi) is 3.75. The van der Waals surface area contributed by atoms with Crippen LogP contribution in [0.2, 0.25) is 5.02 Å². The molecule has 1 atom stereocenters. The SMILES string of the molecule is N#Cc1ccc([C@H]2CC(=O)Nc3c2ncn3-c2ccc(Cl)cc2)cc1. The zero-order valence-corrected chi connectivity index (χ0v) is 13.9. The summed E-state index contributed by atoms with van der Waals surface area (Å²) < 4.78 is 1.85. The number of imidazole rings is 1. The normalized spacial score (nSPS) is 16.0. The van der Waals surface area contributed by atoms with Gasteiger partial charge in [-0.2, -0.15) is 5.26 Å². The van der Waals surface area contributed by atoms with Crippen LogP contribution in [-0.4, -0.2) is 15.5 Å². The number of hydrogen-bond donors (Lipinski definition) is 1. The van der Waals surface area contributed by atoms with Crippen LogP contribution in [-0.2, 0) is 4.79 Å². The number of amides is 1. The highest BCUT2D eigenvalue weighted by Crippen LogP contribution is 2.37. The second kappa shape index (κ2) is 6.08. The third kappa shape index (κ3) is 2.77. The predicted molar refractivity (Wildman–Crippen MR) is 94.8 cm³/mol. The number of rotatable bonds is 2. The van der Waals surface area contributed by atoms with E-state index in [-0.39, 0.29) is 11.8 Å². The summed E-state index contributed by atoms with van der Waals surface area (Å²) in [5.41, 5.74) is 3.26. The fraction of sp³-hybridized carbons (Fsp3) is 0.105. The van der Waals surface area contributed by atoms with Crippen LogP contribution in [0.3, 0.4) is 0 Å². The number of fused-ring (bicyclic) bond motifs is 1. The summed E-state index contributed by atoms with van der Waals surface area (Å²) in [4.78, 5) is 16.8. The monoisotopic (exact) mass is 348 g/mol. The summed E-state index contributed by atoms with van der Waals surface area (Å²) in [6.07, 6.45) is 2.03. The van der Waals surface area contributed by atoms with Crippen LogP contribution >= 0.6 is 11.6 Å². The number of nitriles is 1. The van der Waals surface area contributed by atoms with E-state index in [2.05, 4.69) is 16.4 Å². The standard InChI is InChI=1S/C19H13ClN4O/c20-14-5-7-15(8-6-14)24-11-22-18-16(9-17(25)23-19(18)24)13-3-1-12(10-21)2-4-13/h1-8,11,16H,9H2,(H,23,25)/t16-/m1/s1. The molecule has 0 radical (unpaired) electrons. The first-order valence-electron chi connectivity index (χ1n) is 7.79. The maximum absolute atomic E-state index is 12.2. The molecule has 122 valence electrons. The van der Waals surface area contributed by atoms with Crippen molar-refractivity contribution in [3.8, 4) is 11.8 Å². The molecule has 4 rings (SSSR count). The number of carbonyl (C=O) groups excluding carboxylic acids is 1. The molecule has 0 aliphatic carbocycles. The second-order valence-corrected chi connectivity index (χ2v) is 6.30. The summed E-state index contributed by atoms with van der Waals surface area (Å²) >= 11 is 5.95. The van der Waals surface area contributed by atoms with E-state index in [1.165, 1.54) is 0 Å². The molecule has 0 bridgehead atoms. The third-order valence-electron chi connectivity index (χ3n) is 4.32. The lowest BCUT2D eigenvalue weighted by Gasteiger charge is -2.23. The van der Waals surface area contributed by atoms with Gasteiger partial charge in [0.2, 0.25) is 5.91 Å². The Hall–Kier alpha value is -3.10. The molecular weight excluding hydrogens is 336 g/mol. The fourth-order valence-corrected chi connectivity index (χ4v) is 3.20. The van der Waals surface area contributed by atoms with Crippen LogP contribution in [0.1, 0.15) is 29.2 Å². The van der Waals surface area contributed by atoms with Gasteiger partial charge < -0.3 is 5.32 Å². The van der Waals surface area contributed by atoms with E-state index in [1.807, 2.05) is 28.8 Å². The van der Waals surface area contributed by atoms with Gasteiger partial charge in [0, 0.05) is 23.0 Å². The molecule has 1 aliphatic rings. The highest BCUT2D eigenvalue weighted by molar-refractivity contribution is 6.30. The number of halogens is 1. The number of benzene rings is 2. The van der Waals surface area contributed by atoms with Crippen LogP contribution < -0.4 is 5.32 Å². The molecule has 0 fully saturated rings. The summed E-state index contributed by atoms with van der Waals surface area (Å²) in [5, 5.41) is 12.5. The van der Waals surface area contributed by atoms with E-state index >= 15 is 0 Å². The molecule has 5 nitrogen and oxygen atoms in total. The third-order valence-corrected chi connectivity index (χ3v) is 4.57. The molecule has 6 heteroatoms. The van der Waals surface area contributed by atoms with Gasteiger partial charge in [0.25, 0.3) is 0 Å². The molecule has 2 heterocycles. The Morgan fingerprint density at radius 1 is 1.16 bits per heavy atom. The molecule has 2 aromatic carbocycles. The van der Waals surface area contributed by atoms with E-state index in [0.717, 1.165) is 16.9 Å². The Morgan fingerprint density at radius 2 is 1.88 bits per heavy atom. The average Bonchev–Trinajstić information content (AvgIpc) is 3.05. The van der Waals surface area contributed by atoms with E-state index in [0.29, 0.717) is 22.8 Å². The van der Waals surface area contributed by atoms with Gasteiger partial charge in [-0.3, -0.25) is 9.36 Å². The summed E-state index contributed by atoms with van der Waals surface area (Å²) in [6.45, 7) is 0. The smallest absolute Gasteiger partial charge is 0.226 e. The zero-order chi connectivity index (χ0) is 17.4. The van der Waals surface area contributed by atoms with Crippen molar-refractivity contribution in [2.75, 3.05) is 5.32 Å². The minimum atomic E-state index is -0.134. The molecule has 1 amide bonds. The average molecular weight is 349 g/mol. The number of carbonyl (C=O) groups is 1. The molecule has 0 saturated carbocycles. The first kappa shape index (κ1) is 15.4. The number of hydrogen-bond acceptors (Lipinski definition) is 3. The van der Waals surface area contributed by atoms with Crippen molar-refractivity contribution in [1.29, 1.82) is 5.26 Å². The van der Waals surface area contributed by atoms with Crippen molar-refractivity contribution in [3.05, 3.63) is 76.7 Å². The van der Waals surface area contributed by atoms with Gasteiger partial charge in [0.15, 0.2) is 0 Å². The van der Waals surface area contributed by atoms with Gasteiger partial charge >= 0.3 is 0 Å². The van der Waals surface area contributed by atoms with Crippen molar-refractivity contribution in [3.63, 3.8) is 0 Å². The van der Waals surface area contributed by atoms with E-state index in [4.69, 9.17) is 16.9 Å². The van der Waals surface area contributed by atoms with Crippen LogP contribution in [0.25, 0.3) is 5.69 Å². The predicted octanol–water partition coefficient (Wildman–Crippen LogP) is 3.87. The fourth-order valence-electron chi connectivity index (χ4n) is 3.07. The molecule has 1 aromatic heterocycles. The molecule has 25 heavy (non-hydrogen) atoms. The number of aromatic nitrogens is 2. The van der Waals surface area contributed by atoms with Crippen molar-refractivity contribution >= 4 is 23.3 Å². The van der Waals surface area contributed by atoms with Crippen LogP contribution in [0, 0.1) is 11.3 Å². The Bertz CT molecular complexity index is 984. The van der Waals surface area contributed by atoms with Gasteiger partial charge in [0.1, 0.15) is 12.1 Å². The van der Waals surface area contributed by atoms with Crippen molar-refractivity contribution in [2.24, 2.45) is 0 Å². The molecule has 0 saturated heterocycles. The highest BCUT2D eigenvalue weighted by atomic mass is 35.5. The van der Waals surface area contributed by atoms with Crippen LogP contribution in [0.4, 0.5) is 5.82 Å². The zero-order valence-electron chi connectivity index (χ0n) is 13.1. The van der Waals surface area contributed by atoms with Crippen molar-refractivity contribution in [2.45, 2.75) is 12.3 Å². The van der Waals surface area contributed by atoms with Gasteiger partial charge in [-0.15, -0.1) is 0 Å². The Balaban J connectivity index is 1.78. The first-order chi connectivity index (χ1) is 12.2. The largest absolute Gasteiger partial charge is 0.310 e. The van der Waals surface area contributed by atoms with Gasteiger partial charge in [-0.1, -0.05) is 23.7 Å². The molecule has 0 unspecified atom stereocenters. The number of nitrogens with zero attached hydrogens (tertiary/aromatic N) is 3. The molecule has 1 aliphatic heterocycles. The van der Waals surface area contributed by atoms with Gasteiger partial charge in [-0.05, 0) is 42.0 Å². The lowest BCUT2D eigenvalue weighted by molar-refractivity contribution is -0.116. The van der Waals surface area contributed by atoms with E-state index in [9.17, 15) is 4.79 Å². The Labute approximate surface area is 149 Å². The second-order valence-electron chi connectivity index (χ2n) is 5.86. The first-order valence-corrected chi connectivity index (χ1v) is 8.16. The number of nitrogens with one attached hydrogen (secondary N) is 1. The van der Waals surface area contributed by atoms with Crippen molar-refractivity contribution < 1.29 is 4.79 Å². The van der Waals surface area contributed by atoms with E-state index < -0.39 is 0 Å². The molecule has 1 N–H and O–H groups in total. The summed E-state index contributed by atoms with van der Waals surface area (Å²) in [5.74, 6) is 0.482. The highest BCUT2D eigenvalue weighted by Gasteiger charge is 2.30. The number of anilines is 1. The Morgan fingerprint density at radius 3 is 2.56 bits per heavy atom. The topological polar surface area (TPSA) is 70.7 Å². The van der Waals surface area contributed by atoms with Gasteiger partial charge in [-0.25, -0.2) is 4.98 Å². The molecule has 3 aromatic rings. The maximum Gasteiger partial charge on any atom is 0.226 e. The molecular formula is C19H13ClN4O. The van der Waals surface area contributed by atoms with Crippen LogP contribution in [0.5, 0.6) is 0 Å². The summed E-state index contributed by atoms with van der Waals surface area (Å²) in [6, 6.07) is 16.7. The quantitative estimate of drug-likeness (QED) is 0.764. The maximum atomic E-state index is 12.2. The lowest BCUT2D eigenvalue weighted by Crippen LogP contribution is -2.24. The van der Waals surface area contributed by atoms with Crippen LogP contribution in [0.15, 0.2) is 54.9 Å². The van der Waals surface area contributed by atoms with E-state index in [1.54, 1.807) is 30.6 Å². The van der Waals surface area contributed by atoms with Gasteiger partial charge in [0.05, 0.1) is 17.3 Å². The minimum Gasteiger partial charge on any atom is -0.310 e. The van der Waals surface area contributed by atoms with Crippen molar-refractivity contribution in [1.82, 2.24) is 9.55 Å².